The number of phenols is 1. The molecule has 1 aliphatic rings. The number of pyridine rings is 1. The van der Waals surface area contributed by atoms with Crippen molar-refractivity contribution in [3.8, 4) is 16.9 Å². The molecule has 0 unspecified atom stereocenters. The molecule has 3 aromatic carbocycles. The monoisotopic (exact) mass is 545 g/mol. The number of aromatic hydroxyl groups is 1. The molecule has 0 aliphatic carbocycles. The van der Waals surface area contributed by atoms with E-state index in [2.05, 4.69) is 4.98 Å². The van der Waals surface area contributed by atoms with E-state index < -0.39 is 6.10 Å². The van der Waals surface area contributed by atoms with Gasteiger partial charge in [-0.1, -0.05) is 48.0 Å². The Kier molecular flexibility index (Phi) is 7.61. The molecule has 5 rings (SSSR count). The number of aliphatic hydroxyl groups is 1. The summed E-state index contributed by atoms with van der Waals surface area (Å²) < 4.78 is 0. The Labute approximate surface area is 231 Å². The zero-order valence-corrected chi connectivity index (χ0v) is 22.6. The van der Waals surface area contributed by atoms with Gasteiger partial charge in [0.05, 0.1) is 12.1 Å². The molecule has 1 fully saturated rings. The van der Waals surface area contributed by atoms with Crippen LogP contribution in [0.15, 0.2) is 91.1 Å². The fourth-order valence-electron chi connectivity index (χ4n) is 4.52. The molecule has 2 heterocycles. The molecule has 0 spiro atoms. The van der Waals surface area contributed by atoms with Crippen molar-refractivity contribution in [3.05, 3.63) is 107 Å². The summed E-state index contributed by atoms with van der Waals surface area (Å²) in [6.07, 6.45) is 1.13. The lowest BCUT2D eigenvalue weighted by Crippen LogP contribution is -2.57. The van der Waals surface area contributed by atoms with Gasteiger partial charge in [0.15, 0.2) is 0 Å². The quantitative estimate of drug-likeness (QED) is 0.261. The molecule has 1 aliphatic heterocycles. The van der Waals surface area contributed by atoms with Gasteiger partial charge < -0.3 is 20.0 Å². The van der Waals surface area contributed by atoms with E-state index in [1.807, 2.05) is 73.7 Å². The predicted octanol–water partition coefficient (Wildman–Crippen LogP) is 6.10. The van der Waals surface area contributed by atoms with Gasteiger partial charge in [-0.15, -0.1) is 11.8 Å². The SMILES string of the molecule is CN(C)c1ccc(-c2ccc(N3C(=O)[C@H](SC[C@@H](O)c4ccc(Cl)cc4)[C@H]3c3ccc(O)cc3)cc2)cn1. The lowest BCUT2D eigenvalue weighted by molar-refractivity contribution is -0.123. The van der Waals surface area contributed by atoms with Crippen molar-refractivity contribution < 1.29 is 15.0 Å². The average Bonchev–Trinajstić information content (AvgIpc) is 2.93. The first-order valence-corrected chi connectivity index (χ1v) is 13.7. The number of phenolic OH excluding ortho intramolecular Hbond substituents is 1. The van der Waals surface area contributed by atoms with Gasteiger partial charge in [-0.3, -0.25) is 4.79 Å². The lowest BCUT2D eigenvalue weighted by Gasteiger charge is -2.47. The highest BCUT2D eigenvalue weighted by Gasteiger charge is 2.49. The summed E-state index contributed by atoms with van der Waals surface area (Å²) >= 11 is 7.41. The summed E-state index contributed by atoms with van der Waals surface area (Å²) in [4.78, 5) is 21.6. The van der Waals surface area contributed by atoms with Crippen LogP contribution < -0.4 is 9.80 Å². The first-order valence-electron chi connectivity index (χ1n) is 12.2. The molecule has 4 aromatic rings. The second-order valence-corrected chi connectivity index (χ2v) is 11.0. The van der Waals surface area contributed by atoms with E-state index >= 15 is 0 Å². The molecule has 38 heavy (non-hydrogen) atoms. The highest BCUT2D eigenvalue weighted by atomic mass is 35.5. The Morgan fingerprint density at radius 2 is 1.61 bits per heavy atom. The zero-order valence-electron chi connectivity index (χ0n) is 21.0. The molecule has 0 saturated carbocycles. The van der Waals surface area contributed by atoms with Crippen molar-refractivity contribution in [2.45, 2.75) is 17.4 Å². The van der Waals surface area contributed by atoms with Crippen LogP contribution in [0.3, 0.4) is 0 Å². The average molecular weight is 546 g/mol. The Balaban J connectivity index is 1.36. The van der Waals surface area contributed by atoms with E-state index in [4.69, 9.17) is 11.6 Å². The minimum Gasteiger partial charge on any atom is -0.508 e. The summed E-state index contributed by atoms with van der Waals surface area (Å²) in [7, 11) is 3.91. The molecule has 194 valence electrons. The first kappa shape index (κ1) is 26.1. The number of carbonyl (C=O) groups excluding carboxylic acids is 1. The van der Waals surface area contributed by atoms with Crippen LogP contribution in [-0.4, -0.2) is 46.2 Å². The smallest absolute Gasteiger partial charge is 0.243 e. The lowest BCUT2D eigenvalue weighted by atomic mass is 9.92. The van der Waals surface area contributed by atoms with Gasteiger partial charge in [0.25, 0.3) is 0 Å². The highest BCUT2D eigenvalue weighted by molar-refractivity contribution is 8.00. The fourth-order valence-corrected chi connectivity index (χ4v) is 5.95. The standard InChI is InChI=1S/C30H28ClN3O3S/c1-33(2)27-16-9-22(17-32-27)19-5-12-24(13-6-19)34-28(21-7-14-25(35)15-8-21)29(30(34)37)38-18-26(36)20-3-10-23(31)11-4-20/h3-17,26,28-29,35-36H,18H2,1-2H3/t26-,28-,29-/m1/s1. The number of thioether (sulfide) groups is 1. The van der Waals surface area contributed by atoms with E-state index in [0.29, 0.717) is 10.8 Å². The van der Waals surface area contributed by atoms with Crippen LogP contribution in [0.1, 0.15) is 23.3 Å². The summed E-state index contributed by atoms with van der Waals surface area (Å²) in [5.74, 6) is 1.42. The minimum atomic E-state index is -0.716. The summed E-state index contributed by atoms with van der Waals surface area (Å²) in [5.41, 5.74) is 4.49. The highest BCUT2D eigenvalue weighted by Crippen LogP contribution is 2.46. The maximum Gasteiger partial charge on any atom is 0.243 e. The van der Waals surface area contributed by atoms with Crippen LogP contribution in [0.5, 0.6) is 5.75 Å². The number of hydrogen-bond acceptors (Lipinski definition) is 6. The number of carbonyl (C=O) groups is 1. The molecular weight excluding hydrogens is 518 g/mol. The van der Waals surface area contributed by atoms with Crippen molar-refractivity contribution in [2.75, 3.05) is 29.6 Å². The van der Waals surface area contributed by atoms with Crippen molar-refractivity contribution >= 4 is 40.8 Å². The van der Waals surface area contributed by atoms with Gasteiger partial charge in [0.2, 0.25) is 5.91 Å². The number of aliphatic hydroxyl groups excluding tert-OH is 1. The summed E-state index contributed by atoms with van der Waals surface area (Å²) in [6.45, 7) is 0. The molecule has 3 atom stereocenters. The number of aromatic nitrogens is 1. The third-order valence-corrected chi connectivity index (χ3v) is 8.23. The zero-order chi connectivity index (χ0) is 26.8. The van der Waals surface area contributed by atoms with Crippen molar-refractivity contribution in [3.63, 3.8) is 0 Å². The number of benzene rings is 3. The predicted molar refractivity (Wildman–Crippen MR) is 155 cm³/mol. The normalized spacial score (nSPS) is 17.7. The van der Waals surface area contributed by atoms with Gasteiger partial charge in [0.1, 0.15) is 16.8 Å². The molecule has 2 N–H and O–H groups in total. The topological polar surface area (TPSA) is 76.9 Å². The number of anilines is 2. The van der Waals surface area contributed by atoms with Gasteiger partial charge in [-0.05, 0) is 65.2 Å². The van der Waals surface area contributed by atoms with Crippen LogP contribution in [0.25, 0.3) is 11.1 Å². The number of rotatable bonds is 8. The number of halogens is 1. The van der Waals surface area contributed by atoms with Gasteiger partial charge >= 0.3 is 0 Å². The van der Waals surface area contributed by atoms with Crippen LogP contribution in [-0.2, 0) is 4.79 Å². The Hall–Kier alpha value is -3.52. The van der Waals surface area contributed by atoms with Gasteiger partial charge in [0, 0.05) is 42.3 Å². The Bertz CT molecular complexity index is 1400. The number of nitrogens with zero attached hydrogens (tertiary/aromatic N) is 3. The Morgan fingerprint density at radius 1 is 0.947 bits per heavy atom. The van der Waals surface area contributed by atoms with Crippen molar-refractivity contribution in [1.82, 2.24) is 4.98 Å². The Morgan fingerprint density at radius 3 is 2.21 bits per heavy atom. The summed E-state index contributed by atoms with van der Waals surface area (Å²) in [5, 5.41) is 20.8. The largest absolute Gasteiger partial charge is 0.508 e. The van der Waals surface area contributed by atoms with Crippen LogP contribution in [0.4, 0.5) is 11.5 Å². The molecule has 6 nitrogen and oxygen atoms in total. The molecule has 0 radical (unpaired) electrons. The fraction of sp³-hybridized carbons (Fsp3) is 0.200. The third kappa shape index (κ3) is 5.36. The van der Waals surface area contributed by atoms with Crippen molar-refractivity contribution in [1.29, 1.82) is 0 Å². The van der Waals surface area contributed by atoms with Crippen LogP contribution >= 0.6 is 23.4 Å². The second-order valence-electron chi connectivity index (χ2n) is 9.41. The van der Waals surface area contributed by atoms with E-state index in [1.54, 1.807) is 41.3 Å². The maximum atomic E-state index is 13.4. The second kappa shape index (κ2) is 11.1. The first-order chi connectivity index (χ1) is 18.3. The number of amides is 1. The number of β-lactam (4-membered cyclic amide) rings is 1. The third-order valence-electron chi connectivity index (χ3n) is 6.65. The van der Waals surface area contributed by atoms with E-state index in [0.717, 1.165) is 33.8 Å². The maximum absolute atomic E-state index is 13.4. The molecule has 0 bridgehead atoms. The van der Waals surface area contributed by atoms with Gasteiger partial charge in [-0.2, -0.15) is 0 Å². The van der Waals surface area contributed by atoms with Gasteiger partial charge in [-0.25, -0.2) is 4.98 Å². The van der Waals surface area contributed by atoms with Crippen LogP contribution in [0, 0.1) is 0 Å². The molecular formula is C30H28ClN3O3S. The van der Waals surface area contributed by atoms with E-state index in [-0.39, 0.29) is 22.9 Å². The van der Waals surface area contributed by atoms with E-state index in [9.17, 15) is 15.0 Å². The van der Waals surface area contributed by atoms with Crippen molar-refractivity contribution in [2.24, 2.45) is 0 Å². The summed E-state index contributed by atoms with van der Waals surface area (Å²) in [6, 6.07) is 25.7. The van der Waals surface area contributed by atoms with E-state index in [1.165, 1.54) is 11.8 Å². The molecule has 1 aromatic heterocycles. The molecule has 1 saturated heterocycles. The molecule has 8 heteroatoms. The minimum absolute atomic E-state index is 0.0128. The molecule has 1 amide bonds. The number of hydrogen-bond donors (Lipinski definition) is 2. The van der Waals surface area contributed by atoms with Crippen LogP contribution in [0.2, 0.25) is 5.02 Å².